The van der Waals surface area contributed by atoms with Gasteiger partial charge in [-0.15, -0.1) is 0 Å². The minimum Gasteiger partial charge on any atom is -0.334 e. The largest absolute Gasteiger partial charge is 0.334 e. The molecule has 124 valence electrons. The molecule has 0 saturated carbocycles. The maximum atomic E-state index is 11.8. The van der Waals surface area contributed by atoms with E-state index in [0.29, 0.717) is 11.7 Å². The van der Waals surface area contributed by atoms with Crippen LogP contribution in [-0.2, 0) is 0 Å². The SMILES string of the molecule is Cc1cncc(-c2nc(-c3ccc(-n4c(C)c[nH]c4=O)cc3)no2)c1. The highest BCUT2D eigenvalue weighted by Gasteiger charge is 2.12. The minimum atomic E-state index is -0.168. The molecule has 0 aliphatic rings. The highest BCUT2D eigenvalue weighted by molar-refractivity contribution is 5.60. The molecule has 7 heteroatoms. The molecule has 0 aliphatic heterocycles. The number of imidazole rings is 1. The van der Waals surface area contributed by atoms with Crippen molar-refractivity contribution in [3.05, 3.63) is 70.7 Å². The molecule has 7 nitrogen and oxygen atoms in total. The lowest BCUT2D eigenvalue weighted by atomic mass is 10.2. The number of benzene rings is 1. The second-order valence-electron chi connectivity index (χ2n) is 5.79. The Morgan fingerprint density at radius 1 is 1.08 bits per heavy atom. The van der Waals surface area contributed by atoms with Gasteiger partial charge in [0.2, 0.25) is 5.82 Å². The van der Waals surface area contributed by atoms with Crippen LogP contribution in [0.15, 0.2) is 58.2 Å². The number of H-pyrrole nitrogens is 1. The van der Waals surface area contributed by atoms with Gasteiger partial charge in [0.15, 0.2) is 0 Å². The zero-order valence-corrected chi connectivity index (χ0v) is 13.7. The first-order valence-corrected chi connectivity index (χ1v) is 7.75. The summed E-state index contributed by atoms with van der Waals surface area (Å²) in [6, 6.07) is 9.35. The first-order valence-electron chi connectivity index (χ1n) is 7.75. The fraction of sp³-hybridized carbons (Fsp3) is 0.111. The monoisotopic (exact) mass is 333 g/mol. The molecule has 0 saturated heterocycles. The summed E-state index contributed by atoms with van der Waals surface area (Å²) in [4.78, 5) is 23.1. The fourth-order valence-electron chi connectivity index (χ4n) is 2.67. The van der Waals surface area contributed by atoms with E-state index in [1.807, 2.05) is 44.2 Å². The lowest BCUT2D eigenvalue weighted by molar-refractivity contribution is 0.432. The molecule has 0 atom stereocenters. The van der Waals surface area contributed by atoms with Crippen molar-refractivity contribution in [2.75, 3.05) is 0 Å². The van der Waals surface area contributed by atoms with E-state index in [-0.39, 0.29) is 5.69 Å². The van der Waals surface area contributed by atoms with Gasteiger partial charge in [-0.2, -0.15) is 4.98 Å². The van der Waals surface area contributed by atoms with E-state index in [0.717, 1.165) is 28.1 Å². The molecule has 1 N–H and O–H groups in total. The highest BCUT2D eigenvalue weighted by atomic mass is 16.5. The first-order chi connectivity index (χ1) is 12.1. The quantitative estimate of drug-likeness (QED) is 0.622. The lowest BCUT2D eigenvalue weighted by Crippen LogP contribution is -2.15. The van der Waals surface area contributed by atoms with Crippen molar-refractivity contribution in [1.82, 2.24) is 24.7 Å². The van der Waals surface area contributed by atoms with Crippen molar-refractivity contribution in [1.29, 1.82) is 0 Å². The molecule has 4 rings (SSSR count). The summed E-state index contributed by atoms with van der Waals surface area (Å²) in [6.45, 7) is 3.82. The molecule has 0 radical (unpaired) electrons. The summed E-state index contributed by atoms with van der Waals surface area (Å²) in [5.74, 6) is 0.911. The van der Waals surface area contributed by atoms with E-state index in [9.17, 15) is 4.79 Å². The van der Waals surface area contributed by atoms with Crippen molar-refractivity contribution in [3.63, 3.8) is 0 Å². The van der Waals surface area contributed by atoms with Gasteiger partial charge in [-0.25, -0.2) is 4.79 Å². The summed E-state index contributed by atoms with van der Waals surface area (Å²) < 4.78 is 6.94. The van der Waals surface area contributed by atoms with Crippen molar-refractivity contribution in [2.45, 2.75) is 13.8 Å². The molecular weight excluding hydrogens is 318 g/mol. The highest BCUT2D eigenvalue weighted by Crippen LogP contribution is 2.23. The van der Waals surface area contributed by atoms with Gasteiger partial charge >= 0.3 is 5.69 Å². The van der Waals surface area contributed by atoms with Crippen LogP contribution in [0, 0.1) is 13.8 Å². The summed E-state index contributed by atoms with van der Waals surface area (Å²) in [5.41, 5.74) is 4.06. The van der Waals surface area contributed by atoms with E-state index >= 15 is 0 Å². The summed E-state index contributed by atoms with van der Waals surface area (Å²) in [5, 5.41) is 4.03. The Balaban J connectivity index is 1.66. The third kappa shape index (κ3) is 2.76. The molecular formula is C18H15N5O2. The van der Waals surface area contributed by atoms with Gasteiger partial charge in [-0.1, -0.05) is 5.16 Å². The van der Waals surface area contributed by atoms with Crippen LogP contribution in [0.4, 0.5) is 0 Å². The van der Waals surface area contributed by atoms with Crippen molar-refractivity contribution in [2.24, 2.45) is 0 Å². The van der Waals surface area contributed by atoms with Crippen molar-refractivity contribution < 1.29 is 4.52 Å². The van der Waals surface area contributed by atoms with Crippen molar-refractivity contribution >= 4 is 0 Å². The van der Waals surface area contributed by atoms with Gasteiger partial charge in [-0.3, -0.25) is 9.55 Å². The molecule has 0 spiro atoms. The number of hydrogen-bond donors (Lipinski definition) is 1. The maximum absolute atomic E-state index is 11.8. The predicted octanol–water partition coefficient (Wildman–Crippen LogP) is 2.89. The topological polar surface area (TPSA) is 89.6 Å². The Morgan fingerprint density at radius 3 is 2.56 bits per heavy atom. The minimum absolute atomic E-state index is 0.168. The van der Waals surface area contributed by atoms with Crippen LogP contribution < -0.4 is 5.69 Å². The molecule has 1 aromatic carbocycles. The molecule has 0 amide bonds. The molecule has 0 bridgehead atoms. The van der Waals surface area contributed by atoms with Crippen molar-refractivity contribution in [3.8, 4) is 28.5 Å². The Hall–Kier alpha value is -3.48. The first kappa shape index (κ1) is 15.1. The van der Waals surface area contributed by atoms with Gasteiger partial charge in [-0.05, 0) is 49.7 Å². The van der Waals surface area contributed by atoms with Crippen LogP contribution in [0.2, 0.25) is 0 Å². The van der Waals surface area contributed by atoms with Crippen LogP contribution in [-0.4, -0.2) is 24.7 Å². The van der Waals surface area contributed by atoms with E-state index in [1.54, 1.807) is 23.2 Å². The molecule has 0 fully saturated rings. The Labute approximate surface area is 143 Å². The molecule has 3 aromatic heterocycles. The van der Waals surface area contributed by atoms with Gasteiger partial charge in [0, 0.05) is 29.8 Å². The Bertz CT molecular complexity index is 1090. The molecule has 25 heavy (non-hydrogen) atoms. The number of rotatable bonds is 3. The number of aryl methyl sites for hydroxylation is 2. The summed E-state index contributed by atoms with van der Waals surface area (Å²) >= 11 is 0. The second-order valence-corrected chi connectivity index (χ2v) is 5.79. The van der Waals surface area contributed by atoms with E-state index in [4.69, 9.17) is 4.52 Å². The number of hydrogen-bond acceptors (Lipinski definition) is 5. The van der Waals surface area contributed by atoms with Gasteiger partial charge < -0.3 is 9.51 Å². The normalized spacial score (nSPS) is 11.0. The average molecular weight is 333 g/mol. The molecule has 0 unspecified atom stereocenters. The predicted molar refractivity (Wildman–Crippen MR) is 92.4 cm³/mol. The molecule has 4 aromatic rings. The molecule has 3 heterocycles. The van der Waals surface area contributed by atoms with Crippen LogP contribution in [0.5, 0.6) is 0 Å². The molecule has 0 aliphatic carbocycles. The number of nitrogens with one attached hydrogen (secondary N) is 1. The van der Waals surface area contributed by atoms with Gasteiger partial charge in [0.05, 0.1) is 11.3 Å². The van der Waals surface area contributed by atoms with Gasteiger partial charge in [0.25, 0.3) is 5.89 Å². The van der Waals surface area contributed by atoms with Crippen LogP contribution in [0.3, 0.4) is 0 Å². The zero-order chi connectivity index (χ0) is 17.4. The van der Waals surface area contributed by atoms with E-state index < -0.39 is 0 Å². The third-order valence-electron chi connectivity index (χ3n) is 3.89. The Kier molecular flexibility index (Phi) is 3.53. The van der Waals surface area contributed by atoms with E-state index in [1.165, 1.54) is 0 Å². The zero-order valence-electron chi connectivity index (χ0n) is 13.7. The maximum Gasteiger partial charge on any atom is 0.330 e. The smallest absolute Gasteiger partial charge is 0.330 e. The lowest BCUT2D eigenvalue weighted by Gasteiger charge is -2.04. The summed E-state index contributed by atoms with van der Waals surface area (Å²) in [6.07, 6.45) is 5.14. The number of pyridine rings is 1. The van der Waals surface area contributed by atoms with Crippen LogP contribution in [0.25, 0.3) is 28.5 Å². The average Bonchev–Trinajstić information content (AvgIpc) is 3.23. The van der Waals surface area contributed by atoms with Gasteiger partial charge in [0.1, 0.15) is 0 Å². The van der Waals surface area contributed by atoms with E-state index in [2.05, 4.69) is 20.1 Å². The number of nitrogens with zero attached hydrogens (tertiary/aromatic N) is 4. The number of aromatic amines is 1. The third-order valence-corrected chi connectivity index (χ3v) is 3.89. The number of aromatic nitrogens is 5. The van der Waals surface area contributed by atoms with Crippen LogP contribution >= 0.6 is 0 Å². The second kappa shape index (κ2) is 5.86. The van der Waals surface area contributed by atoms with Crippen LogP contribution in [0.1, 0.15) is 11.3 Å². The fourth-order valence-corrected chi connectivity index (χ4v) is 2.67. The standard InChI is InChI=1S/C18H15N5O2/c1-11-7-14(10-19-8-11)17-21-16(22-25-17)13-3-5-15(6-4-13)23-12(2)9-20-18(23)24/h3-10H,1-2H3,(H,20,24). The Morgan fingerprint density at radius 2 is 1.88 bits per heavy atom. The summed E-state index contributed by atoms with van der Waals surface area (Å²) in [7, 11) is 0.